The minimum Gasteiger partial charge on any atom is -0.494 e. The number of carbonyl (C=O) groups is 2. The molecule has 0 bridgehead atoms. The van der Waals surface area contributed by atoms with Crippen LogP contribution < -0.4 is 10.1 Å². The number of anilines is 1. The predicted molar refractivity (Wildman–Crippen MR) is 118 cm³/mol. The van der Waals surface area contributed by atoms with E-state index in [9.17, 15) is 9.59 Å². The lowest BCUT2D eigenvalue weighted by atomic mass is 10.2. The summed E-state index contributed by atoms with van der Waals surface area (Å²) in [5.74, 6) is 0.640. The maximum absolute atomic E-state index is 12.7. The molecule has 0 atom stereocenters. The Bertz CT molecular complexity index is 1040. The highest BCUT2D eigenvalue weighted by atomic mass is 32.1. The molecule has 1 aliphatic rings. The van der Waals surface area contributed by atoms with Gasteiger partial charge < -0.3 is 15.0 Å². The number of fused-ring (bicyclic) bond motifs is 1. The fraction of sp³-hybridized carbons (Fsp3) is 0.318. The second-order valence-corrected chi connectivity index (χ2v) is 8.19. The number of benzene rings is 2. The van der Waals surface area contributed by atoms with E-state index in [-0.39, 0.29) is 18.4 Å². The van der Waals surface area contributed by atoms with Crippen LogP contribution in [0.4, 0.5) is 5.13 Å². The van der Waals surface area contributed by atoms with Crippen LogP contribution in [0.3, 0.4) is 0 Å². The third-order valence-corrected chi connectivity index (χ3v) is 6.05. The number of nitrogens with zero attached hydrogens (tertiary/aromatic N) is 3. The molecule has 0 saturated carbocycles. The van der Waals surface area contributed by atoms with Gasteiger partial charge in [0.25, 0.3) is 5.91 Å². The molecule has 1 N–H and O–H groups in total. The number of rotatable bonds is 5. The van der Waals surface area contributed by atoms with Gasteiger partial charge in [0.05, 0.1) is 18.4 Å². The first kappa shape index (κ1) is 20.3. The predicted octanol–water partition coefficient (Wildman–Crippen LogP) is 3.09. The molecule has 4 rings (SSSR count). The van der Waals surface area contributed by atoms with E-state index >= 15 is 0 Å². The zero-order valence-electron chi connectivity index (χ0n) is 16.8. The van der Waals surface area contributed by atoms with Gasteiger partial charge in [-0.25, -0.2) is 4.98 Å². The van der Waals surface area contributed by atoms with E-state index < -0.39 is 0 Å². The van der Waals surface area contributed by atoms with Crippen LogP contribution in [0, 0.1) is 0 Å². The quantitative estimate of drug-likeness (QED) is 0.681. The van der Waals surface area contributed by atoms with Crippen LogP contribution in [0.2, 0.25) is 0 Å². The Balaban J connectivity index is 1.33. The van der Waals surface area contributed by atoms with Crippen LogP contribution in [0.1, 0.15) is 16.8 Å². The summed E-state index contributed by atoms with van der Waals surface area (Å²) in [4.78, 5) is 33.7. The molecule has 7 nitrogen and oxygen atoms in total. The van der Waals surface area contributed by atoms with Gasteiger partial charge in [0, 0.05) is 31.7 Å². The maximum Gasteiger partial charge on any atom is 0.253 e. The van der Waals surface area contributed by atoms with Gasteiger partial charge in [-0.15, -0.1) is 0 Å². The van der Waals surface area contributed by atoms with Gasteiger partial charge in [-0.3, -0.25) is 14.5 Å². The van der Waals surface area contributed by atoms with E-state index in [0.717, 1.165) is 23.2 Å². The lowest BCUT2D eigenvalue weighted by molar-refractivity contribution is -0.117. The maximum atomic E-state index is 12.7. The van der Waals surface area contributed by atoms with Gasteiger partial charge in [0.15, 0.2) is 5.13 Å². The lowest BCUT2D eigenvalue weighted by Crippen LogP contribution is -2.38. The van der Waals surface area contributed by atoms with E-state index in [4.69, 9.17) is 4.74 Å². The number of para-hydroxylation sites is 1. The van der Waals surface area contributed by atoms with Gasteiger partial charge in [-0.2, -0.15) is 0 Å². The zero-order chi connectivity index (χ0) is 20.9. The molecular formula is C22H24N4O3S. The van der Waals surface area contributed by atoms with Gasteiger partial charge >= 0.3 is 0 Å². The van der Waals surface area contributed by atoms with Crippen LogP contribution in [0.25, 0.3) is 10.2 Å². The third kappa shape index (κ3) is 4.60. The van der Waals surface area contributed by atoms with Crippen molar-refractivity contribution >= 4 is 38.5 Å². The molecule has 0 aliphatic carbocycles. The molecule has 1 aliphatic heterocycles. The highest BCUT2D eigenvalue weighted by Crippen LogP contribution is 2.32. The number of ether oxygens (including phenoxy) is 1. The summed E-state index contributed by atoms with van der Waals surface area (Å²) in [5.41, 5.74) is 1.46. The summed E-state index contributed by atoms with van der Waals surface area (Å²) in [5, 5.41) is 3.47. The Morgan fingerprint density at radius 3 is 2.70 bits per heavy atom. The van der Waals surface area contributed by atoms with Gasteiger partial charge in [0.2, 0.25) is 5.91 Å². The number of carbonyl (C=O) groups excluding carboxylic acids is 2. The molecule has 3 aromatic rings. The Morgan fingerprint density at radius 2 is 1.90 bits per heavy atom. The SMILES string of the molecule is COc1cccc2sc(NC(=O)CN3CCCN(C(=O)c4ccccc4)CC3)nc12. The Hall–Kier alpha value is -2.97. The molecule has 1 saturated heterocycles. The minimum absolute atomic E-state index is 0.0466. The molecule has 1 fully saturated rings. The molecule has 0 radical (unpaired) electrons. The van der Waals surface area contributed by atoms with Crippen LogP contribution >= 0.6 is 11.3 Å². The summed E-state index contributed by atoms with van der Waals surface area (Å²) in [6.07, 6.45) is 0.837. The lowest BCUT2D eigenvalue weighted by Gasteiger charge is -2.21. The van der Waals surface area contributed by atoms with E-state index in [2.05, 4.69) is 15.2 Å². The summed E-state index contributed by atoms with van der Waals surface area (Å²) in [6, 6.07) is 15.0. The second-order valence-electron chi connectivity index (χ2n) is 7.16. The summed E-state index contributed by atoms with van der Waals surface area (Å²) in [6.45, 7) is 3.03. The van der Waals surface area contributed by atoms with Crippen molar-refractivity contribution in [2.45, 2.75) is 6.42 Å². The van der Waals surface area contributed by atoms with E-state index in [0.29, 0.717) is 36.1 Å². The number of amides is 2. The fourth-order valence-electron chi connectivity index (χ4n) is 3.60. The number of hydrogen-bond acceptors (Lipinski definition) is 6. The fourth-order valence-corrected chi connectivity index (χ4v) is 4.50. The number of nitrogens with one attached hydrogen (secondary N) is 1. The normalized spacial score (nSPS) is 15.0. The van der Waals surface area contributed by atoms with E-state index in [1.54, 1.807) is 7.11 Å². The van der Waals surface area contributed by atoms with E-state index in [1.807, 2.05) is 53.4 Å². The number of aromatic nitrogens is 1. The van der Waals surface area contributed by atoms with Crippen LogP contribution in [-0.2, 0) is 4.79 Å². The van der Waals surface area contributed by atoms with Crippen LogP contribution in [-0.4, -0.2) is 66.4 Å². The third-order valence-electron chi connectivity index (χ3n) is 5.11. The Kier molecular flexibility index (Phi) is 6.25. The minimum atomic E-state index is -0.101. The molecule has 0 unspecified atom stereocenters. The molecule has 0 spiro atoms. The van der Waals surface area contributed by atoms with Crippen molar-refractivity contribution in [3.05, 3.63) is 54.1 Å². The van der Waals surface area contributed by atoms with Crippen molar-refractivity contribution < 1.29 is 14.3 Å². The molecule has 1 aromatic heterocycles. The topological polar surface area (TPSA) is 74.8 Å². The van der Waals surface area contributed by atoms with Gasteiger partial charge in [-0.05, 0) is 30.7 Å². The largest absolute Gasteiger partial charge is 0.494 e. The van der Waals surface area contributed by atoms with Crippen LogP contribution in [0.15, 0.2) is 48.5 Å². The van der Waals surface area contributed by atoms with Gasteiger partial charge in [-0.1, -0.05) is 35.6 Å². The molecule has 30 heavy (non-hydrogen) atoms. The zero-order valence-corrected chi connectivity index (χ0v) is 17.7. The second kappa shape index (κ2) is 9.23. The first-order chi connectivity index (χ1) is 14.6. The molecule has 156 valence electrons. The average Bonchev–Trinajstić information content (AvgIpc) is 3.03. The van der Waals surface area contributed by atoms with Crippen molar-refractivity contribution in [2.75, 3.05) is 45.2 Å². The molecule has 8 heteroatoms. The van der Waals surface area contributed by atoms with Crippen molar-refractivity contribution in [1.29, 1.82) is 0 Å². The standard InChI is InChI=1S/C22H24N4O3S/c1-29-17-9-5-10-18-20(17)24-22(30-18)23-19(27)15-25-11-6-12-26(14-13-25)21(28)16-7-3-2-4-8-16/h2-5,7-10H,6,11-15H2,1H3,(H,23,24,27). The monoisotopic (exact) mass is 424 g/mol. The number of thiazole rings is 1. The van der Waals surface area contributed by atoms with Crippen LogP contribution in [0.5, 0.6) is 5.75 Å². The highest BCUT2D eigenvalue weighted by molar-refractivity contribution is 7.22. The highest BCUT2D eigenvalue weighted by Gasteiger charge is 2.21. The van der Waals surface area contributed by atoms with Crippen molar-refractivity contribution in [2.24, 2.45) is 0 Å². The Morgan fingerprint density at radius 1 is 1.07 bits per heavy atom. The first-order valence-electron chi connectivity index (χ1n) is 9.94. The average molecular weight is 425 g/mol. The summed E-state index contributed by atoms with van der Waals surface area (Å²) >= 11 is 1.43. The number of hydrogen-bond donors (Lipinski definition) is 1. The molecule has 2 amide bonds. The molecule has 2 heterocycles. The van der Waals surface area contributed by atoms with Crippen molar-refractivity contribution in [3.63, 3.8) is 0 Å². The van der Waals surface area contributed by atoms with E-state index in [1.165, 1.54) is 11.3 Å². The Labute approximate surface area is 179 Å². The molecular weight excluding hydrogens is 400 g/mol. The first-order valence-corrected chi connectivity index (χ1v) is 10.8. The summed E-state index contributed by atoms with van der Waals surface area (Å²) in [7, 11) is 1.61. The van der Waals surface area contributed by atoms with Crippen molar-refractivity contribution in [3.8, 4) is 5.75 Å². The van der Waals surface area contributed by atoms with Crippen molar-refractivity contribution in [1.82, 2.24) is 14.8 Å². The number of methoxy groups -OCH3 is 1. The summed E-state index contributed by atoms with van der Waals surface area (Å²) < 4.78 is 6.30. The smallest absolute Gasteiger partial charge is 0.253 e. The van der Waals surface area contributed by atoms with Gasteiger partial charge in [0.1, 0.15) is 11.3 Å². The molecule has 2 aromatic carbocycles.